The number of amidine groups is 1. The summed E-state index contributed by atoms with van der Waals surface area (Å²) in [4.78, 5) is 29.0. The number of halogens is 1. The summed E-state index contributed by atoms with van der Waals surface area (Å²) >= 11 is 0. The van der Waals surface area contributed by atoms with Crippen LogP contribution < -0.4 is 16.4 Å². The minimum atomic E-state index is -0.453. The predicted molar refractivity (Wildman–Crippen MR) is 153 cm³/mol. The number of pyridine rings is 1. The standard InChI is InChI=1S/C26H29FN8O2.C2H6/c1-5-37-14-22-32-20(13-35(22)4)16-8-6-7-15(23(16)27)19-11-17-18(26(36)30-3)12-31-25(24(17)33-19)34-21(28)9-10-29-2;1-2/h6-13,29,33H,5,14H2,1-4H3,(H,30,36)(H2,28,31,34);1-2H3/b10-9-;. The number of nitrogens with zero attached hydrogens (tertiary/aromatic N) is 4. The molecule has 39 heavy (non-hydrogen) atoms. The van der Waals surface area contributed by atoms with Gasteiger partial charge in [-0.2, -0.15) is 0 Å². The van der Waals surface area contributed by atoms with Crippen molar-refractivity contribution in [3.63, 3.8) is 0 Å². The first kappa shape index (κ1) is 29.1. The number of rotatable bonds is 9. The van der Waals surface area contributed by atoms with Gasteiger partial charge in [0, 0.05) is 62.4 Å². The number of aryl methyl sites for hydroxylation is 1. The van der Waals surface area contributed by atoms with Crippen LogP contribution in [0.5, 0.6) is 0 Å². The smallest absolute Gasteiger partial charge is 0.253 e. The van der Waals surface area contributed by atoms with Gasteiger partial charge in [0.05, 0.1) is 16.8 Å². The molecule has 0 fully saturated rings. The van der Waals surface area contributed by atoms with E-state index in [0.29, 0.717) is 58.0 Å². The SMILES string of the molecule is CC.CCOCc1nc(-c2cccc(-c3cc4c(C(=O)NC)cnc(N=C(N)/C=C\NC)c4[nH]3)c2F)cn1C. The summed E-state index contributed by atoms with van der Waals surface area (Å²) in [6.07, 6.45) is 6.41. The quantitative estimate of drug-likeness (QED) is 0.186. The summed E-state index contributed by atoms with van der Waals surface area (Å²) in [5.41, 5.74) is 8.38. The van der Waals surface area contributed by atoms with Crippen molar-refractivity contribution < 1.29 is 13.9 Å². The van der Waals surface area contributed by atoms with E-state index in [9.17, 15) is 4.79 Å². The van der Waals surface area contributed by atoms with E-state index in [0.717, 1.165) is 0 Å². The molecule has 0 bridgehead atoms. The normalized spacial score (nSPS) is 11.5. The van der Waals surface area contributed by atoms with E-state index in [4.69, 9.17) is 10.5 Å². The van der Waals surface area contributed by atoms with Crippen LogP contribution in [0.4, 0.5) is 10.2 Å². The van der Waals surface area contributed by atoms with E-state index >= 15 is 4.39 Å². The number of imidazole rings is 1. The number of aromatic amines is 1. The fraction of sp³-hybridized carbons (Fsp3) is 0.286. The summed E-state index contributed by atoms with van der Waals surface area (Å²) in [6, 6.07) is 6.80. The average Bonchev–Trinajstić information content (AvgIpc) is 3.55. The van der Waals surface area contributed by atoms with E-state index in [-0.39, 0.29) is 17.6 Å². The lowest BCUT2D eigenvalue weighted by Gasteiger charge is -2.05. The van der Waals surface area contributed by atoms with Gasteiger partial charge in [0.15, 0.2) is 5.82 Å². The van der Waals surface area contributed by atoms with Gasteiger partial charge in [-0.3, -0.25) is 4.79 Å². The molecule has 0 radical (unpaired) electrons. The van der Waals surface area contributed by atoms with Crippen LogP contribution in [0.15, 0.2) is 53.9 Å². The fourth-order valence-electron chi connectivity index (χ4n) is 3.88. The zero-order chi connectivity index (χ0) is 28.5. The Labute approximate surface area is 227 Å². The highest BCUT2D eigenvalue weighted by atomic mass is 19.1. The van der Waals surface area contributed by atoms with Crippen LogP contribution in [0.3, 0.4) is 0 Å². The number of carbonyl (C=O) groups is 1. The number of carbonyl (C=O) groups excluding carboxylic acids is 1. The van der Waals surface area contributed by atoms with Gasteiger partial charge in [-0.1, -0.05) is 19.9 Å². The number of nitrogens with one attached hydrogen (secondary N) is 3. The molecule has 3 aromatic heterocycles. The number of fused-ring (bicyclic) bond motifs is 1. The van der Waals surface area contributed by atoms with Crippen molar-refractivity contribution in [1.82, 2.24) is 30.2 Å². The van der Waals surface area contributed by atoms with E-state index in [1.807, 2.05) is 32.4 Å². The third-order valence-corrected chi connectivity index (χ3v) is 5.75. The number of aromatic nitrogens is 4. The second kappa shape index (κ2) is 13.3. The van der Waals surface area contributed by atoms with Crippen LogP contribution >= 0.6 is 0 Å². The third-order valence-electron chi connectivity index (χ3n) is 5.75. The third kappa shape index (κ3) is 6.32. The monoisotopic (exact) mass is 534 g/mol. The number of H-pyrrole nitrogens is 1. The van der Waals surface area contributed by atoms with Gasteiger partial charge >= 0.3 is 0 Å². The molecule has 1 aromatic carbocycles. The number of nitrogens with two attached hydrogens (primary N) is 1. The molecule has 0 aliphatic heterocycles. The van der Waals surface area contributed by atoms with Crippen molar-refractivity contribution in [2.24, 2.45) is 17.8 Å². The van der Waals surface area contributed by atoms with E-state index in [2.05, 4.69) is 30.6 Å². The van der Waals surface area contributed by atoms with Crippen molar-refractivity contribution in [3.8, 4) is 22.5 Å². The molecule has 0 spiro atoms. The Morgan fingerprint density at radius 2 is 2.03 bits per heavy atom. The highest BCUT2D eigenvalue weighted by Crippen LogP contribution is 2.35. The van der Waals surface area contributed by atoms with Gasteiger partial charge in [-0.25, -0.2) is 19.4 Å². The Bertz CT molecular complexity index is 1500. The molecule has 0 saturated heterocycles. The fourth-order valence-corrected chi connectivity index (χ4v) is 3.88. The minimum Gasteiger partial charge on any atom is -0.394 e. The number of aliphatic imine (C=N–C) groups is 1. The zero-order valence-electron chi connectivity index (χ0n) is 23.1. The van der Waals surface area contributed by atoms with Crippen LogP contribution in [-0.2, 0) is 18.4 Å². The molecule has 0 aliphatic rings. The molecule has 5 N–H and O–H groups in total. The average molecular weight is 535 g/mol. The first-order valence-corrected chi connectivity index (χ1v) is 12.7. The molecule has 11 heteroatoms. The maximum atomic E-state index is 15.9. The van der Waals surface area contributed by atoms with Crippen molar-refractivity contribution in [2.75, 3.05) is 20.7 Å². The van der Waals surface area contributed by atoms with Crippen LogP contribution in [0.2, 0.25) is 0 Å². The predicted octanol–water partition coefficient (Wildman–Crippen LogP) is 4.41. The van der Waals surface area contributed by atoms with Crippen molar-refractivity contribution >= 4 is 28.5 Å². The van der Waals surface area contributed by atoms with Crippen LogP contribution in [-0.4, -0.2) is 52.0 Å². The summed E-state index contributed by atoms with van der Waals surface area (Å²) in [7, 11) is 5.12. The number of benzene rings is 1. The largest absolute Gasteiger partial charge is 0.394 e. The lowest BCUT2D eigenvalue weighted by molar-refractivity contribution is 0.0964. The van der Waals surface area contributed by atoms with Crippen molar-refractivity contribution in [1.29, 1.82) is 0 Å². The number of ether oxygens (including phenoxy) is 1. The van der Waals surface area contributed by atoms with Gasteiger partial charge in [0.2, 0.25) is 0 Å². The first-order valence-electron chi connectivity index (χ1n) is 12.7. The molecule has 0 saturated carbocycles. The van der Waals surface area contributed by atoms with E-state index in [1.165, 1.54) is 13.2 Å². The molecule has 4 aromatic rings. The van der Waals surface area contributed by atoms with Gasteiger partial charge in [-0.15, -0.1) is 0 Å². The Kier molecular flexibility index (Phi) is 9.93. The number of hydrogen-bond donors (Lipinski definition) is 4. The molecular weight excluding hydrogens is 499 g/mol. The summed E-state index contributed by atoms with van der Waals surface area (Å²) in [5.74, 6) is 0.394. The summed E-state index contributed by atoms with van der Waals surface area (Å²) < 4.78 is 23.2. The highest BCUT2D eigenvalue weighted by molar-refractivity contribution is 6.10. The number of hydrogen-bond acceptors (Lipinski definition) is 6. The maximum absolute atomic E-state index is 15.9. The Hall–Kier alpha value is -4.51. The Morgan fingerprint density at radius 3 is 2.72 bits per heavy atom. The molecule has 0 atom stereocenters. The molecule has 206 valence electrons. The highest BCUT2D eigenvalue weighted by Gasteiger charge is 2.20. The minimum absolute atomic E-state index is 0.207. The van der Waals surface area contributed by atoms with Crippen LogP contribution in [0, 0.1) is 5.82 Å². The second-order valence-electron chi connectivity index (χ2n) is 8.16. The topological polar surface area (TPSA) is 135 Å². The Morgan fingerprint density at radius 1 is 1.28 bits per heavy atom. The number of amides is 1. The first-order chi connectivity index (χ1) is 18.9. The van der Waals surface area contributed by atoms with Gasteiger partial charge in [-0.05, 0) is 37.4 Å². The summed E-state index contributed by atoms with van der Waals surface area (Å²) in [6.45, 7) is 6.80. The summed E-state index contributed by atoms with van der Waals surface area (Å²) in [5, 5.41) is 5.99. The molecule has 1 amide bonds. The van der Waals surface area contributed by atoms with Crippen LogP contribution in [0.1, 0.15) is 37.0 Å². The molecule has 3 heterocycles. The lowest BCUT2D eigenvalue weighted by Crippen LogP contribution is -2.18. The van der Waals surface area contributed by atoms with Gasteiger partial charge in [0.25, 0.3) is 5.91 Å². The van der Waals surface area contributed by atoms with Gasteiger partial charge in [0.1, 0.15) is 24.1 Å². The van der Waals surface area contributed by atoms with Crippen molar-refractivity contribution in [2.45, 2.75) is 27.4 Å². The van der Waals surface area contributed by atoms with Crippen LogP contribution in [0.25, 0.3) is 33.4 Å². The molecule has 0 unspecified atom stereocenters. The zero-order valence-corrected chi connectivity index (χ0v) is 23.1. The second-order valence-corrected chi connectivity index (χ2v) is 8.16. The lowest BCUT2D eigenvalue weighted by atomic mass is 10.0. The Balaban J connectivity index is 0.00000205. The molecule has 10 nitrogen and oxygen atoms in total. The molecular formula is C28H35FN8O2. The molecule has 4 rings (SSSR count). The van der Waals surface area contributed by atoms with Crippen molar-refractivity contribution in [3.05, 3.63) is 66.1 Å². The maximum Gasteiger partial charge on any atom is 0.253 e. The van der Waals surface area contributed by atoms with E-state index < -0.39 is 5.82 Å². The molecule has 0 aliphatic carbocycles. The van der Waals surface area contributed by atoms with Gasteiger partial charge < -0.3 is 30.7 Å². The van der Waals surface area contributed by atoms with E-state index in [1.54, 1.807) is 49.8 Å².